The number of nitrogens with zero attached hydrogens (tertiary/aromatic N) is 3. The minimum atomic E-state index is -0.712. The number of aryl methyl sites for hydroxylation is 1. The molecule has 2 rings (SSSR count). The zero-order chi connectivity index (χ0) is 11.5. The molecule has 0 saturated carbocycles. The van der Waals surface area contributed by atoms with E-state index in [2.05, 4.69) is 5.10 Å². The van der Waals surface area contributed by atoms with E-state index in [9.17, 15) is 4.79 Å². The summed E-state index contributed by atoms with van der Waals surface area (Å²) in [5.41, 5.74) is 0.940. The first kappa shape index (κ1) is 11.1. The number of carboxylic acids is 1. The SMILES string of the molecule is Cn1ccc(CN2CCCC[C@@H]2C(=O)O)n1. The van der Waals surface area contributed by atoms with Crippen molar-refractivity contribution in [3.63, 3.8) is 0 Å². The van der Waals surface area contributed by atoms with E-state index in [0.29, 0.717) is 6.54 Å². The number of likely N-dealkylation sites (tertiary alicyclic amines) is 1. The Hall–Kier alpha value is -1.36. The van der Waals surface area contributed by atoms with Crippen LogP contribution in [0.3, 0.4) is 0 Å². The highest BCUT2D eigenvalue weighted by molar-refractivity contribution is 5.73. The predicted octanol–water partition coefficient (Wildman–Crippen LogP) is 0.859. The van der Waals surface area contributed by atoms with Gasteiger partial charge in [0.25, 0.3) is 0 Å². The first-order valence-corrected chi connectivity index (χ1v) is 5.62. The molecular weight excluding hydrogens is 206 g/mol. The summed E-state index contributed by atoms with van der Waals surface area (Å²) in [5.74, 6) is -0.712. The lowest BCUT2D eigenvalue weighted by molar-refractivity contribution is -0.144. The third-order valence-corrected chi connectivity index (χ3v) is 3.03. The van der Waals surface area contributed by atoms with Crippen LogP contribution >= 0.6 is 0 Å². The Morgan fingerprint density at radius 3 is 3.06 bits per heavy atom. The number of piperidine rings is 1. The summed E-state index contributed by atoms with van der Waals surface area (Å²) in [4.78, 5) is 13.1. The molecular formula is C11H17N3O2. The molecule has 0 amide bonds. The molecule has 5 nitrogen and oxygen atoms in total. The molecule has 0 aromatic carbocycles. The Bertz CT molecular complexity index is 375. The monoisotopic (exact) mass is 223 g/mol. The maximum absolute atomic E-state index is 11.1. The van der Waals surface area contributed by atoms with Gasteiger partial charge in [-0.3, -0.25) is 14.4 Å². The van der Waals surface area contributed by atoms with Crippen molar-refractivity contribution in [2.75, 3.05) is 6.54 Å². The van der Waals surface area contributed by atoms with Crippen molar-refractivity contribution >= 4 is 5.97 Å². The van der Waals surface area contributed by atoms with E-state index in [0.717, 1.165) is 31.5 Å². The minimum absolute atomic E-state index is 0.337. The first-order chi connectivity index (χ1) is 7.66. The van der Waals surface area contributed by atoms with Crippen LogP contribution in [0.2, 0.25) is 0 Å². The van der Waals surface area contributed by atoms with Gasteiger partial charge in [0.2, 0.25) is 0 Å². The molecule has 1 fully saturated rings. The van der Waals surface area contributed by atoms with Gasteiger partial charge in [0.05, 0.1) is 5.69 Å². The molecule has 88 valence electrons. The second kappa shape index (κ2) is 4.65. The maximum atomic E-state index is 11.1. The van der Waals surface area contributed by atoms with Crippen molar-refractivity contribution in [3.05, 3.63) is 18.0 Å². The molecule has 1 saturated heterocycles. The highest BCUT2D eigenvalue weighted by Crippen LogP contribution is 2.19. The molecule has 0 spiro atoms. The molecule has 1 aliphatic rings. The van der Waals surface area contributed by atoms with Gasteiger partial charge in [-0.05, 0) is 25.5 Å². The van der Waals surface area contributed by atoms with E-state index < -0.39 is 5.97 Å². The van der Waals surface area contributed by atoms with Crippen LogP contribution < -0.4 is 0 Å². The van der Waals surface area contributed by atoms with Gasteiger partial charge in [-0.1, -0.05) is 6.42 Å². The average molecular weight is 223 g/mol. The smallest absolute Gasteiger partial charge is 0.320 e. The normalized spacial score (nSPS) is 22.2. The lowest BCUT2D eigenvalue weighted by Gasteiger charge is -2.32. The molecule has 1 aliphatic heterocycles. The number of aromatic nitrogens is 2. The van der Waals surface area contributed by atoms with Crippen LogP contribution in [0.5, 0.6) is 0 Å². The standard InChI is InChI=1S/C11H17N3O2/c1-13-7-5-9(12-13)8-14-6-3-2-4-10(14)11(15)16/h5,7,10H,2-4,6,8H2,1H3,(H,15,16)/t10-/m1/s1. The molecule has 1 N–H and O–H groups in total. The largest absolute Gasteiger partial charge is 0.480 e. The van der Waals surface area contributed by atoms with E-state index in [4.69, 9.17) is 5.11 Å². The van der Waals surface area contributed by atoms with Gasteiger partial charge in [-0.25, -0.2) is 0 Å². The minimum Gasteiger partial charge on any atom is -0.480 e. The molecule has 0 radical (unpaired) electrons. The highest BCUT2D eigenvalue weighted by atomic mass is 16.4. The zero-order valence-corrected chi connectivity index (χ0v) is 9.46. The van der Waals surface area contributed by atoms with Gasteiger partial charge in [-0.2, -0.15) is 5.10 Å². The van der Waals surface area contributed by atoms with Crippen molar-refractivity contribution in [2.24, 2.45) is 7.05 Å². The second-order valence-electron chi connectivity index (χ2n) is 4.30. The summed E-state index contributed by atoms with van der Waals surface area (Å²) in [6, 6.07) is 1.60. The van der Waals surface area contributed by atoms with Crippen molar-refractivity contribution in [3.8, 4) is 0 Å². The summed E-state index contributed by atoms with van der Waals surface area (Å²) in [6.07, 6.45) is 4.73. The fourth-order valence-electron chi connectivity index (χ4n) is 2.22. The summed E-state index contributed by atoms with van der Waals surface area (Å²) in [6.45, 7) is 1.49. The quantitative estimate of drug-likeness (QED) is 0.825. The van der Waals surface area contributed by atoms with Crippen molar-refractivity contribution in [1.82, 2.24) is 14.7 Å². The zero-order valence-electron chi connectivity index (χ0n) is 9.46. The van der Waals surface area contributed by atoms with Crippen LogP contribution in [0.1, 0.15) is 25.0 Å². The molecule has 0 aliphatic carbocycles. The Kier molecular flexibility index (Phi) is 3.24. The number of aliphatic carboxylic acids is 1. The average Bonchev–Trinajstić information content (AvgIpc) is 2.64. The fourth-order valence-corrected chi connectivity index (χ4v) is 2.22. The van der Waals surface area contributed by atoms with E-state index in [1.165, 1.54) is 0 Å². The molecule has 1 aromatic heterocycles. The van der Waals surface area contributed by atoms with Crippen LogP contribution in [0.25, 0.3) is 0 Å². The second-order valence-corrected chi connectivity index (χ2v) is 4.30. The van der Waals surface area contributed by atoms with Crippen LogP contribution in [0.15, 0.2) is 12.3 Å². The van der Waals surface area contributed by atoms with E-state index in [-0.39, 0.29) is 6.04 Å². The van der Waals surface area contributed by atoms with E-state index in [1.54, 1.807) is 4.68 Å². The number of hydrogen-bond acceptors (Lipinski definition) is 3. The Morgan fingerprint density at radius 2 is 2.44 bits per heavy atom. The lowest BCUT2D eigenvalue weighted by Crippen LogP contribution is -2.44. The van der Waals surface area contributed by atoms with Crippen LogP contribution in [-0.2, 0) is 18.4 Å². The van der Waals surface area contributed by atoms with Crippen LogP contribution in [-0.4, -0.2) is 38.3 Å². The Balaban J connectivity index is 2.03. The first-order valence-electron chi connectivity index (χ1n) is 5.62. The number of rotatable bonds is 3. The van der Waals surface area contributed by atoms with Gasteiger partial charge in [0.15, 0.2) is 0 Å². The molecule has 0 bridgehead atoms. The van der Waals surface area contributed by atoms with E-state index in [1.807, 2.05) is 24.2 Å². The molecule has 5 heteroatoms. The van der Waals surface area contributed by atoms with Gasteiger partial charge in [-0.15, -0.1) is 0 Å². The van der Waals surface area contributed by atoms with Crippen molar-refractivity contribution in [2.45, 2.75) is 31.8 Å². The molecule has 16 heavy (non-hydrogen) atoms. The topological polar surface area (TPSA) is 58.4 Å². The molecule has 0 unspecified atom stereocenters. The summed E-state index contributed by atoms with van der Waals surface area (Å²) >= 11 is 0. The Morgan fingerprint density at radius 1 is 1.62 bits per heavy atom. The molecule has 1 aromatic rings. The third kappa shape index (κ3) is 2.41. The summed E-state index contributed by atoms with van der Waals surface area (Å²) in [5, 5.41) is 13.4. The van der Waals surface area contributed by atoms with Gasteiger partial charge in [0, 0.05) is 19.8 Å². The predicted molar refractivity (Wildman–Crippen MR) is 58.9 cm³/mol. The Labute approximate surface area is 94.7 Å². The van der Waals surface area contributed by atoms with E-state index >= 15 is 0 Å². The number of carboxylic acid groups (broad SMARTS) is 1. The van der Waals surface area contributed by atoms with Crippen LogP contribution in [0.4, 0.5) is 0 Å². The van der Waals surface area contributed by atoms with Crippen molar-refractivity contribution < 1.29 is 9.90 Å². The summed E-state index contributed by atoms with van der Waals surface area (Å²) in [7, 11) is 1.87. The van der Waals surface area contributed by atoms with Gasteiger partial charge < -0.3 is 5.11 Å². The van der Waals surface area contributed by atoms with Gasteiger partial charge >= 0.3 is 5.97 Å². The lowest BCUT2D eigenvalue weighted by atomic mass is 10.0. The number of hydrogen-bond donors (Lipinski definition) is 1. The fraction of sp³-hybridized carbons (Fsp3) is 0.636. The third-order valence-electron chi connectivity index (χ3n) is 3.03. The number of carbonyl (C=O) groups is 1. The van der Waals surface area contributed by atoms with Gasteiger partial charge in [0.1, 0.15) is 6.04 Å². The molecule has 1 atom stereocenters. The van der Waals surface area contributed by atoms with Crippen molar-refractivity contribution in [1.29, 1.82) is 0 Å². The molecule has 2 heterocycles. The van der Waals surface area contributed by atoms with Crippen LogP contribution in [0, 0.1) is 0 Å². The maximum Gasteiger partial charge on any atom is 0.320 e. The summed E-state index contributed by atoms with van der Waals surface area (Å²) < 4.78 is 1.75. The highest BCUT2D eigenvalue weighted by Gasteiger charge is 2.28.